The molecule has 13 nitrogen and oxygen atoms in total. The summed E-state index contributed by atoms with van der Waals surface area (Å²) in [5.41, 5.74) is 0.306. The fourth-order valence-electron chi connectivity index (χ4n) is 3.63. The van der Waals surface area contributed by atoms with E-state index in [1.807, 2.05) is 6.92 Å². The molecule has 0 saturated carbocycles. The van der Waals surface area contributed by atoms with E-state index >= 15 is 0 Å². The minimum absolute atomic E-state index is 0.120. The number of amides is 1. The summed E-state index contributed by atoms with van der Waals surface area (Å²) in [6, 6.07) is 10.6. The van der Waals surface area contributed by atoms with Gasteiger partial charge in [-0.05, 0) is 62.4 Å². The van der Waals surface area contributed by atoms with Crippen LogP contribution in [-0.4, -0.2) is 55.2 Å². The number of aromatic carboxylic acids is 1. The monoisotopic (exact) mass is 572 g/mol. The highest BCUT2D eigenvalue weighted by atomic mass is 32.2. The predicted octanol–water partition coefficient (Wildman–Crippen LogP) is 3.35. The van der Waals surface area contributed by atoms with E-state index in [9.17, 15) is 41.2 Å². The number of nitrogens with zero attached hydrogens (tertiary/aromatic N) is 4. The molecule has 0 fully saturated rings. The Hall–Kier alpha value is -4.47. The fourth-order valence-corrected chi connectivity index (χ4v) is 5.57. The maximum absolute atomic E-state index is 13.6. The first-order valence-electron chi connectivity index (χ1n) is 11.0. The number of hydrogen-bond donors (Lipinski definition) is 3. The van der Waals surface area contributed by atoms with Crippen LogP contribution in [0.1, 0.15) is 22.8 Å². The van der Waals surface area contributed by atoms with E-state index in [1.165, 1.54) is 6.92 Å². The van der Waals surface area contributed by atoms with Crippen LogP contribution in [0.3, 0.4) is 0 Å². The number of aryl methyl sites for hydroxylation is 1. The van der Waals surface area contributed by atoms with Gasteiger partial charge in [0.2, 0.25) is 9.84 Å². The van der Waals surface area contributed by atoms with Crippen LogP contribution in [0.15, 0.2) is 90.7 Å². The number of sulfone groups is 1. The molecule has 3 N–H and O–H groups in total. The van der Waals surface area contributed by atoms with Crippen molar-refractivity contribution in [2.75, 3.05) is 5.01 Å². The molecule has 0 radical (unpaired) electrons. The lowest BCUT2D eigenvalue weighted by Gasteiger charge is -2.18. The number of anilines is 1. The van der Waals surface area contributed by atoms with Crippen molar-refractivity contribution in [1.29, 1.82) is 0 Å². The number of phenols is 1. The molecule has 0 bridgehead atoms. The molecule has 1 unspecified atom stereocenters. The molecule has 1 atom stereocenters. The zero-order chi connectivity index (χ0) is 28.7. The van der Waals surface area contributed by atoms with Gasteiger partial charge in [-0.25, -0.2) is 13.2 Å². The van der Waals surface area contributed by atoms with Gasteiger partial charge in [-0.2, -0.15) is 28.8 Å². The lowest BCUT2D eigenvalue weighted by molar-refractivity contribution is -0.117. The van der Waals surface area contributed by atoms with Crippen LogP contribution in [-0.2, 0) is 24.7 Å². The van der Waals surface area contributed by atoms with Crippen LogP contribution in [0.25, 0.3) is 0 Å². The van der Waals surface area contributed by atoms with E-state index in [0.29, 0.717) is 16.8 Å². The predicted molar refractivity (Wildman–Crippen MR) is 137 cm³/mol. The molecular weight excluding hydrogens is 552 g/mol. The number of benzene rings is 3. The minimum Gasteiger partial charge on any atom is -0.507 e. The third-order valence-corrected chi connectivity index (χ3v) is 8.32. The standard InChI is InChI=1S/C24H20N4O9S2/c1-13-3-5-15(6-4-13)25-26-22-14(2)27-28(23(22)30)19-12-17(39(35,36)37)8-10-21(19)38(33,34)16-7-9-20(29)18(11-16)24(31)32/h3-12,22,29H,1-2H3,(H,31,32)(H,35,36,37). The zero-order valence-electron chi connectivity index (χ0n) is 20.2. The maximum atomic E-state index is 13.6. The van der Waals surface area contributed by atoms with Gasteiger partial charge in [0.25, 0.3) is 16.0 Å². The normalized spacial score (nSPS) is 16.1. The van der Waals surface area contributed by atoms with Crippen molar-refractivity contribution in [1.82, 2.24) is 0 Å². The third-order valence-electron chi connectivity index (χ3n) is 5.67. The van der Waals surface area contributed by atoms with Gasteiger partial charge in [0.15, 0.2) is 6.04 Å². The smallest absolute Gasteiger partial charge is 0.339 e. The number of azo groups is 1. The molecule has 202 valence electrons. The number of rotatable bonds is 7. The van der Waals surface area contributed by atoms with E-state index in [-0.39, 0.29) is 5.71 Å². The Bertz CT molecular complexity index is 1780. The van der Waals surface area contributed by atoms with Crippen molar-refractivity contribution in [2.45, 2.75) is 34.6 Å². The van der Waals surface area contributed by atoms with Crippen LogP contribution in [0.5, 0.6) is 5.75 Å². The molecule has 1 aliphatic heterocycles. The van der Waals surface area contributed by atoms with Crippen LogP contribution in [0.2, 0.25) is 0 Å². The quantitative estimate of drug-likeness (QED) is 0.280. The Morgan fingerprint density at radius 3 is 2.21 bits per heavy atom. The highest BCUT2D eigenvalue weighted by Crippen LogP contribution is 2.36. The average molecular weight is 573 g/mol. The molecule has 39 heavy (non-hydrogen) atoms. The Morgan fingerprint density at radius 1 is 0.949 bits per heavy atom. The van der Waals surface area contributed by atoms with Crippen LogP contribution >= 0.6 is 0 Å². The first-order chi connectivity index (χ1) is 18.2. The second-order valence-electron chi connectivity index (χ2n) is 8.44. The summed E-state index contributed by atoms with van der Waals surface area (Å²) in [6.45, 7) is 3.32. The number of carbonyl (C=O) groups excluding carboxylic acids is 1. The molecule has 1 heterocycles. The van der Waals surface area contributed by atoms with Gasteiger partial charge in [-0.1, -0.05) is 17.7 Å². The SMILES string of the molecule is CC1=NN(c2cc(S(=O)(=O)O)ccc2S(=O)(=O)c2ccc(O)c(C(=O)O)c2)C(=O)C1N=Nc1ccc(C)cc1. The molecule has 0 aliphatic carbocycles. The summed E-state index contributed by atoms with van der Waals surface area (Å²) in [5.74, 6) is -3.13. The highest BCUT2D eigenvalue weighted by molar-refractivity contribution is 7.91. The number of carboxylic acid groups (broad SMARTS) is 1. The first kappa shape index (κ1) is 27.6. The summed E-state index contributed by atoms with van der Waals surface area (Å²) in [5, 5.41) is 31.8. The molecule has 3 aromatic carbocycles. The molecule has 4 rings (SSSR count). The third kappa shape index (κ3) is 5.41. The van der Waals surface area contributed by atoms with E-state index in [4.69, 9.17) is 0 Å². The van der Waals surface area contributed by atoms with E-state index in [1.54, 1.807) is 24.3 Å². The number of carbonyl (C=O) groups is 2. The number of aromatic hydroxyl groups is 1. The van der Waals surface area contributed by atoms with Crippen molar-refractivity contribution in [3.8, 4) is 5.75 Å². The summed E-state index contributed by atoms with van der Waals surface area (Å²) < 4.78 is 60.3. The van der Waals surface area contributed by atoms with Crippen LogP contribution in [0.4, 0.5) is 11.4 Å². The highest BCUT2D eigenvalue weighted by Gasteiger charge is 2.38. The Labute approximate surface area is 222 Å². The summed E-state index contributed by atoms with van der Waals surface area (Å²) in [4.78, 5) is 22.8. The van der Waals surface area contributed by atoms with Gasteiger partial charge in [-0.3, -0.25) is 9.35 Å². The number of hydrazone groups is 1. The van der Waals surface area contributed by atoms with Crippen molar-refractivity contribution >= 4 is 48.9 Å². The van der Waals surface area contributed by atoms with Crippen LogP contribution < -0.4 is 5.01 Å². The topological polar surface area (TPSA) is 203 Å². The molecule has 3 aromatic rings. The first-order valence-corrected chi connectivity index (χ1v) is 13.9. The van der Waals surface area contributed by atoms with Gasteiger partial charge < -0.3 is 10.2 Å². The van der Waals surface area contributed by atoms with Gasteiger partial charge in [0, 0.05) is 0 Å². The van der Waals surface area contributed by atoms with Gasteiger partial charge in [0.05, 0.1) is 31.8 Å². The van der Waals surface area contributed by atoms with E-state index < -0.39 is 69.6 Å². The molecule has 15 heteroatoms. The Kier molecular flexibility index (Phi) is 7.08. The molecule has 0 spiro atoms. The molecule has 0 saturated heterocycles. The zero-order valence-corrected chi connectivity index (χ0v) is 21.9. The largest absolute Gasteiger partial charge is 0.507 e. The molecule has 0 aromatic heterocycles. The van der Waals surface area contributed by atoms with Crippen molar-refractivity contribution < 1.29 is 41.2 Å². The second kappa shape index (κ2) is 10.0. The number of hydrogen-bond acceptors (Lipinski definition) is 10. The lowest BCUT2D eigenvalue weighted by Crippen LogP contribution is -2.30. The number of carboxylic acids is 1. The van der Waals surface area contributed by atoms with E-state index in [2.05, 4.69) is 15.3 Å². The van der Waals surface area contributed by atoms with Crippen molar-refractivity contribution in [2.24, 2.45) is 15.3 Å². The fraction of sp³-hybridized carbons (Fsp3) is 0.125. The molecular formula is C24H20N4O9S2. The van der Waals surface area contributed by atoms with Gasteiger partial charge in [0.1, 0.15) is 11.3 Å². The van der Waals surface area contributed by atoms with E-state index in [0.717, 1.165) is 35.9 Å². The summed E-state index contributed by atoms with van der Waals surface area (Å²) >= 11 is 0. The minimum atomic E-state index is -4.83. The molecule has 1 amide bonds. The summed E-state index contributed by atoms with van der Waals surface area (Å²) in [7, 11) is -9.46. The molecule has 1 aliphatic rings. The lowest BCUT2D eigenvalue weighted by atomic mass is 10.2. The van der Waals surface area contributed by atoms with Crippen molar-refractivity contribution in [3.63, 3.8) is 0 Å². The van der Waals surface area contributed by atoms with Crippen molar-refractivity contribution in [3.05, 3.63) is 71.8 Å². The average Bonchev–Trinajstić information content (AvgIpc) is 3.15. The van der Waals surface area contributed by atoms with Gasteiger partial charge >= 0.3 is 5.97 Å². The second-order valence-corrected chi connectivity index (χ2v) is 11.8. The Balaban J connectivity index is 1.83. The summed E-state index contributed by atoms with van der Waals surface area (Å²) in [6.07, 6.45) is 0. The van der Waals surface area contributed by atoms with Crippen LogP contribution in [0, 0.1) is 6.92 Å². The maximum Gasteiger partial charge on any atom is 0.339 e. The van der Waals surface area contributed by atoms with Gasteiger partial charge in [-0.15, -0.1) is 0 Å². The Morgan fingerprint density at radius 2 is 1.59 bits per heavy atom.